The smallest absolute Gasteiger partial charge is 0.227 e. The van der Waals surface area contributed by atoms with Crippen LogP contribution in [0.3, 0.4) is 0 Å². The molecule has 1 amide bonds. The number of aliphatic hydroxyl groups is 1. The number of fused-ring (bicyclic) bond motifs is 1. The number of benzene rings is 1. The second kappa shape index (κ2) is 5.96. The molecular formula is C17H23NO2. The van der Waals surface area contributed by atoms with Crippen molar-refractivity contribution in [1.29, 1.82) is 0 Å². The molecule has 3 heteroatoms. The molecule has 3 nitrogen and oxygen atoms in total. The third-order valence-electron chi connectivity index (χ3n) is 4.74. The number of amides is 1. The van der Waals surface area contributed by atoms with Gasteiger partial charge in [-0.3, -0.25) is 4.79 Å². The van der Waals surface area contributed by atoms with Crippen LogP contribution in [0.15, 0.2) is 24.3 Å². The maximum atomic E-state index is 12.6. The van der Waals surface area contributed by atoms with E-state index in [0.29, 0.717) is 0 Å². The maximum absolute atomic E-state index is 12.6. The van der Waals surface area contributed by atoms with Crippen molar-refractivity contribution in [2.45, 2.75) is 63.0 Å². The van der Waals surface area contributed by atoms with Crippen molar-refractivity contribution in [3.63, 3.8) is 0 Å². The zero-order valence-corrected chi connectivity index (χ0v) is 11.8. The molecule has 0 saturated heterocycles. The summed E-state index contributed by atoms with van der Waals surface area (Å²) in [4.78, 5) is 12.6. The molecule has 0 heterocycles. The fourth-order valence-electron chi connectivity index (χ4n) is 3.59. The zero-order chi connectivity index (χ0) is 13.9. The van der Waals surface area contributed by atoms with Crippen molar-refractivity contribution < 1.29 is 9.90 Å². The molecule has 0 aliphatic heterocycles. The van der Waals surface area contributed by atoms with Crippen LogP contribution in [0.25, 0.3) is 0 Å². The summed E-state index contributed by atoms with van der Waals surface area (Å²) in [5.41, 5.74) is 2.49. The van der Waals surface area contributed by atoms with E-state index in [9.17, 15) is 9.90 Å². The normalized spacial score (nSPS) is 29.6. The molecule has 2 aliphatic rings. The molecule has 3 atom stereocenters. The quantitative estimate of drug-likeness (QED) is 0.870. The first-order valence-corrected chi connectivity index (χ1v) is 7.82. The van der Waals surface area contributed by atoms with Gasteiger partial charge in [0.05, 0.1) is 18.1 Å². The van der Waals surface area contributed by atoms with E-state index < -0.39 is 0 Å². The van der Waals surface area contributed by atoms with Gasteiger partial charge in [0.2, 0.25) is 5.91 Å². The number of aryl methyl sites for hydroxylation is 1. The molecule has 1 fully saturated rings. The number of rotatable bonds is 2. The van der Waals surface area contributed by atoms with Crippen molar-refractivity contribution in [3.05, 3.63) is 35.4 Å². The molecule has 1 saturated carbocycles. The lowest BCUT2D eigenvalue weighted by molar-refractivity contribution is -0.124. The molecular weight excluding hydrogens is 250 g/mol. The van der Waals surface area contributed by atoms with E-state index in [1.54, 1.807) is 0 Å². The Hall–Kier alpha value is -1.35. The lowest BCUT2D eigenvalue weighted by Gasteiger charge is -2.31. The molecule has 2 N–H and O–H groups in total. The largest absolute Gasteiger partial charge is 0.391 e. The number of hydrogen-bond acceptors (Lipinski definition) is 2. The minimum absolute atomic E-state index is 0.0333. The lowest BCUT2D eigenvalue weighted by atomic mass is 9.82. The molecule has 1 aromatic rings. The van der Waals surface area contributed by atoms with E-state index >= 15 is 0 Å². The maximum Gasteiger partial charge on any atom is 0.227 e. The van der Waals surface area contributed by atoms with Gasteiger partial charge in [0.1, 0.15) is 0 Å². The van der Waals surface area contributed by atoms with Gasteiger partial charge in [-0.15, -0.1) is 0 Å². The number of aliphatic hydroxyl groups excluding tert-OH is 1. The predicted octanol–water partition coefficient (Wildman–Crippen LogP) is 2.53. The molecule has 3 unspecified atom stereocenters. The first kappa shape index (κ1) is 13.6. The van der Waals surface area contributed by atoms with Crippen LogP contribution in [0.4, 0.5) is 0 Å². The van der Waals surface area contributed by atoms with Crippen LogP contribution in [0.2, 0.25) is 0 Å². The van der Waals surface area contributed by atoms with E-state index in [1.807, 2.05) is 12.1 Å². The molecule has 108 valence electrons. The molecule has 20 heavy (non-hydrogen) atoms. The molecule has 3 rings (SSSR count). The SMILES string of the molecule is O=C(NC1CCCCC1O)C1CCCc2ccccc21. The van der Waals surface area contributed by atoms with Crippen molar-refractivity contribution in [2.75, 3.05) is 0 Å². The van der Waals surface area contributed by atoms with Crippen LogP contribution in [0, 0.1) is 0 Å². The predicted molar refractivity (Wildman–Crippen MR) is 78.5 cm³/mol. The van der Waals surface area contributed by atoms with Crippen molar-refractivity contribution in [2.24, 2.45) is 0 Å². The van der Waals surface area contributed by atoms with Gasteiger partial charge in [0.25, 0.3) is 0 Å². The number of carbonyl (C=O) groups excluding carboxylic acids is 1. The van der Waals surface area contributed by atoms with Gasteiger partial charge in [0.15, 0.2) is 0 Å². The summed E-state index contributed by atoms with van der Waals surface area (Å²) in [5.74, 6) is 0.0668. The Bertz CT molecular complexity index is 486. The highest BCUT2D eigenvalue weighted by molar-refractivity contribution is 5.84. The van der Waals surface area contributed by atoms with Gasteiger partial charge in [0, 0.05) is 0 Å². The fourth-order valence-corrected chi connectivity index (χ4v) is 3.59. The summed E-state index contributed by atoms with van der Waals surface area (Å²) in [6.45, 7) is 0. The van der Waals surface area contributed by atoms with E-state index in [0.717, 1.165) is 44.9 Å². The highest BCUT2D eigenvalue weighted by Crippen LogP contribution is 2.32. The summed E-state index contributed by atoms with van der Waals surface area (Å²) in [7, 11) is 0. The molecule has 0 spiro atoms. The minimum Gasteiger partial charge on any atom is -0.391 e. The second-order valence-corrected chi connectivity index (χ2v) is 6.11. The first-order chi connectivity index (χ1) is 9.75. The number of nitrogens with one attached hydrogen (secondary N) is 1. The Morgan fingerprint density at radius 2 is 1.90 bits per heavy atom. The van der Waals surface area contributed by atoms with Crippen LogP contribution in [-0.4, -0.2) is 23.2 Å². The summed E-state index contributed by atoms with van der Waals surface area (Å²) >= 11 is 0. The standard InChI is InChI=1S/C17H23NO2/c19-16-11-4-3-10-15(16)18-17(20)14-9-5-7-12-6-1-2-8-13(12)14/h1-2,6,8,14-16,19H,3-5,7,9-11H2,(H,18,20). The van der Waals surface area contributed by atoms with Gasteiger partial charge in [-0.25, -0.2) is 0 Å². The Morgan fingerprint density at radius 3 is 2.75 bits per heavy atom. The van der Waals surface area contributed by atoms with Gasteiger partial charge in [-0.05, 0) is 43.2 Å². The first-order valence-electron chi connectivity index (χ1n) is 7.82. The third-order valence-corrected chi connectivity index (χ3v) is 4.74. The monoisotopic (exact) mass is 273 g/mol. The number of hydrogen-bond donors (Lipinski definition) is 2. The highest BCUT2D eigenvalue weighted by atomic mass is 16.3. The van der Waals surface area contributed by atoms with Crippen molar-refractivity contribution in [3.8, 4) is 0 Å². The Kier molecular flexibility index (Phi) is 4.06. The minimum atomic E-state index is -0.369. The van der Waals surface area contributed by atoms with Crippen LogP contribution >= 0.6 is 0 Å². The number of carbonyl (C=O) groups is 1. The van der Waals surface area contributed by atoms with Crippen molar-refractivity contribution >= 4 is 5.91 Å². The fraction of sp³-hybridized carbons (Fsp3) is 0.588. The summed E-state index contributed by atoms with van der Waals surface area (Å²) in [6, 6.07) is 8.22. The topological polar surface area (TPSA) is 49.3 Å². The molecule has 0 bridgehead atoms. The van der Waals surface area contributed by atoms with E-state index in [1.165, 1.54) is 11.1 Å². The van der Waals surface area contributed by atoms with Crippen LogP contribution in [0.1, 0.15) is 55.6 Å². The summed E-state index contributed by atoms with van der Waals surface area (Å²) < 4.78 is 0. The van der Waals surface area contributed by atoms with Crippen molar-refractivity contribution in [1.82, 2.24) is 5.32 Å². The summed E-state index contributed by atoms with van der Waals surface area (Å²) in [5, 5.41) is 13.1. The molecule has 2 aliphatic carbocycles. The van der Waals surface area contributed by atoms with E-state index in [4.69, 9.17) is 0 Å². The Balaban J connectivity index is 1.72. The van der Waals surface area contributed by atoms with Crippen LogP contribution in [-0.2, 0) is 11.2 Å². The Labute approximate surface area is 120 Å². The highest BCUT2D eigenvalue weighted by Gasteiger charge is 2.30. The van der Waals surface area contributed by atoms with Crippen LogP contribution < -0.4 is 5.32 Å². The van der Waals surface area contributed by atoms with Crippen LogP contribution in [0.5, 0.6) is 0 Å². The van der Waals surface area contributed by atoms with Gasteiger partial charge in [-0.2, -0.15) is 0 Å². The lowest BCUT2D eigenvalue weighted by Crippen LogP contribution is -2.47. The van der Waals surface area contributed by atoms with E-state index in [2.05, 4.69) is 17.4 Å². The second-order valence-electron chi connectivity index (χ2n) is 6.11. The van der Waals surface area contributed by atoms with E-state index in [-0.39, 0.29) is 24.0 Å². The molecule has 1 aromatic carbocycles. The Morgan fingerprint density at radius 1 is 1.10 bits per heavy atom. The molecule has 0 aromatic heterocycles. The van der Waals surface area contributed by atoms with Gasteiger partial charge >= 0.3 is 0 Å². The summed E-state index contributed by atoms with van der Waals surface area (Å²) in [6.07, 6.45) is 6.59. The average Bonchev–Trinajstić information content (AvgIpc) is 2.49. The molecule has 0 radical (unpaired) electrons. The third kappa shape index (κ3) is 2.73. The van der Waals surface area contributed by atoms with Gasteiger partial charge in [-0.1, -0.05) is 37.1 Å². The van der Waals surface area contributed by atoms with Gasteiger partial charge < -0.3 is 10.4 Å². The zero-order valence-electron chi connectivity index (χ0n) is 11.8. The average molecular weight is 273 g/mol.